The highest BCUT2D eigenvalue weighted by Crippen LogP contribution is 2.22. The van der Waals surface area contributed by atoms with Crippen molar-refractivity contribution in [2.45, 2.75) is 0 Å². The second-order valence-electron chi connectivity index (χ2n) is 2.02. The molecule has 6 heteroatoms. The molecule has 0 bridgehead atoms. The molecule has 0 atom stereocenters. The molecule has 12 heavy (non-hydrogen) atoms. The lowest BCUT2D eigenvalue weighted by atomic mass is 10.3. The molecular weight excluding hydrogens is 278 g/mol. The minimum Gasteiger partial charge on any atom is -0.292 e. The van der Waals surface area contributed by atoms with Gasteiger partial charge in [0.25, 0.3) is 0 Å². The molecule has 2 aromatic rings. The van der Waals surface area contributed by atoms with Gasteiger partial charge in [0, 0.05) is 13.8 Å². The lowest BCUT2D eigenvalue weighted by Crippen LogP contribution is -1.84. The van der Waals surface area contributed by atoms with Crippen molar-refractivity contribution in [1.82, 2.24) is 4.13 Å². The maximum Gasteiger partial charge on any atom is 0.145 e. The topological polar surface area (TPSA) is 18.1 Å². The summed E-state index contributed by atoms with van der Waals surface area (Å²) in [5, 5.41) is 0. The molecule has 0 aliphatic rings. The Morgan fingerprint density at radius 2 is 2.33 bits per heavy atom. The molecule has 1 aromatic heterocycles. The number of halogens is 1. The van der Waals surface area contributed by atoms with E-state index in [2.05, 4.69) is 15.9 Å². The first-order chi connectivity index (χ1) is 5.86. The fourth-order valence-corrected chi connectivity index (χ4v) is 3.83. The van der Waals surface area contributed by atoms with Crippen molar-refractivity contribution >= 4 is 46.4 Å². The van der Waals surface area contributed by atoms with Gasteiger partial charge in [-0.05, 0) is 18.2 Å². The molecule has 64 valence electrons. The number of nitrogens with zero attached hydrogens (tertiary/aromatic N) is 1. The summed E-state index contributed by atoms with van der Waals surface area (Å²) in [7, 11) is 4.55. The largest absolute Gasteiger partial charge is 0.292 e. The van der Waals surface area contributed by atoms with Gasteiger partial charge in [-0.25, -0.2) is 0 Å². The van der Waals surface area contributed by atoms with Crippen molar-refractivity contribution in [3.63, 3.8) is 0 Å². The summed E-state index contributed by atoms with van der Waals surface area (Å²) in [5.41, 5.74) is 1.05. The van der Waals surface area contributed by atoms with Gasteiger partial charge in [0.2, 0.25) is 0 Å². The van der Waals surface area contributed by atoms with E-state index in [-0.39, 0.29) is 0 Å². The Bertz CT molecular complexity index is 378. The third-order valence-corrected chi connectivity index (χ3v) is 4.56. The van der Waals surface area contributed by atoms with Crippen LogP contribution in [0, 0.1) is 0 Å². The van der Waals surface area contributed by atoms with E-state index in [1.54, 1.807) is 24.0 Å². The summed E-state index contributed by atoms with van der Waals surface area (Å²) >= 11 is 3.40. The fraction of sp³-hybridized carbons (Fsp3) is 0. The highest BCUT2D eigenvalue weighted by molar-refractivity contribution is 9.10. The van der Waals surface area contributed by atoms with Crippen LogP contribution in [0.4, 0.5) is 0 Å². The van der Waals surface area contributed by atoms with Gasteiger partial charge in [0.05, 0.1) is 16.2 Å². The van der Waals surface area contributed by atoms with E-state index < -0.39 is 0 Å². The fourth-order valence-electron chi connectivity index (χ4n) is 0.768. The molecule has 0 radical (unpaired) electrons. The predicted octanol–water partition coefficient (Wildman–Crippen LogP) is 4.14. The first kappa shape index (κ1) is 8.55. The molecule has 0 aliphatic carbocycles. The number of hydrogen-bond donors (Lipinski definition) is 0. The monoisotopic (exact) mass is 281 g/mol. The molecule has 1 aromatic carbocycles. The van der Waals surface area contributed by atoms with Gasteiger partial charge in [-0.1, -0.05) is 22.0 Å². The lowest BCUT2D eigenvalue weighted by molar-refractivity contribution is 0.459. The molecule has 1 heterocycles. The Morgan fingerprint density at radius 1 is 1.42 bits per heavy atom. The maximum atomic E-state index is 5.25. The normalized spacial score (nSPS) is 10.1. The molecule has 0 amide bonds. The van der Waals surface area contributed by atoms with E-state index in [0.717, 1.165) is 10.2 Å². The average molecular weight is 282 g/mol. The smallest absolute Gasteiger partial charge is 0.145 e. The second-order valence-corrected chi connectivity index (χ2v) is 6.33. The van der Waals surface area contributed by atoms with Gasteiger partial charge < -0.3 is 0 Å². The number of benzene rings is 1. The zero-order valence-corrected chi connectivity index (χ0v) is 9.80. The van der Waals surface area contributed by atoms with Crippen LogP contribution in [0.3, 0.4) is 0 Å². The molecule has 0 spiro atoms. The van der Waals surface area contributed by atoms with Gasteiger partial charge in [-0.15, -0.1) is 4.13 Å². The maximum absolute atomic E-state index is 5.25. The van der Waals surface area contributed by atoms with E-state index in [1.165, 1.54) is 10.6 Å². The first-order valence-electron chi connectivity index (χ1n) is 3.10. The van der Waals surface area contributed by atoms with Crippen molar-refractivity contribution < 1.29 is 3.96 Å². The lowest BCUT2D eigenvalue weighted by Gasteiger charge is -1.96. The zero-order valence-electron chi connectivity index (χ0n) is 5.77. The van der Waals surface area contributed by atoms with E-state index in [1.807, 2.05) is 24.3 Å². The standard InChI is InChI=1S/C6H4BrNOS3/c7-5-2-1-3-6(4-5)8-9-11-12-10-8/h1-4H. The van der Waals surface area contributed by atoms with Crippen LogP contribution < -0.4 is 0 Å². The van der Waals surface area contributed by atoms with Crippen molar-refractivity contribution in [1.29, 1.82) is 0 Å². The molecule has 2 rings (SSSR count). The van der Waals surface area contributed by atoms with Crippen LogP contribution in [0.2, 0.25) is 0 Å². The molecule has 0 N–H and O–H groups in total. The molecule has 0 aliphatic heterocycles. The summed E-state index contributed by atoms with van der Waals surface area (Å²) in [4.78, 5) is 0. The van der Waals surface area contributed by atoms with Crippen molar-refractivity contribution in [3.8, 4) is 5.69 Å². The molecule has 0 saturated carbocycles. The Hall–Kier alpha value is -0.0400. The third-order valence-electron chi connectivity index (χ3n) is 1.24. The number of aromatic nitrogens is 1. The van der Waals surface area contributed by atoms with Gasteiger partial charge in [-0.2, -0.15) is 0 Å². The molecular formula is C6H4BrNOS3. The van der Waals surface area contributed by atoms with Crippen LogP contribution in [0.25, 0.3) is 5.69 Å². The number of rotatable bonds is 1. The van der Waals surface area contributed by atoms with Crippen molar-refractivity contribution in [2.24, 2.45) is 0 Å². The average Bonchev–Trinajstić information content (AvgIpc) is 2.56. The Morgan fingerprint density at radius 3 is 3.00 bits per heavy atom. The van der Waals surface area contributed by atoms with Crippen molar-refractivity contribution in [2.75, 3.05) is 0 Å². The van der Waals surface area contributed by atoms with E-state index in [4.69, 9.17) is 3.96 Å². The highest BCUT2D eigenvalue weighted by atomic mass is 79.9. The van der Waals surface area contributed by atoms with E-state index >= 15 is 0 Å². The predicted molar refractivity (Wildman–Crippen MR) is 57.0 cm³/mol. The molecule has 0 unspecified atom stereocenters. The minimum atomic E-state index is 1.05. The number of hydrogen-bond acceptors (Lipinski definition) is 4. The van der Waals surface area contributed by atoms with Crippen molar-refractivity contribution in [3.05, 3.63) is 28.7 Å². The van der Waals surface area contributed by atoms with Crippen LogP contribution in [0.1, 0.15) is 0 Å². The summed E-state index contributed by atoms with van der Waals surface area (Å²) in [5.74, 6) is 0. The quantitative estimate of drug-likeness (QED) is 0.719. The molecule has 2 nitrogen and oxygen atoms in total. The first-order valence-corrected chi connectivity index (χ1v) is 7.26. The Kier molecular flexibility index (Phi) is 2.69. The zero-order chi connectivity index (χ0) is 8.39. The van der Waals surface area contributed by atoms with Gasteiger partial charge in [-0.3, -0.25) is 3.96 Å². The van der Waals surface area contributed by atoms with Gasteiger partial charge in [0.1, 0.15) is 10.6 Å². The summed E-state index contributed by atoms with van der Waals surface area (Å²) in [6.07, 6.45) is 0. The van der Waals surface area contributed by atoms with Crippen LogP contribution in [-0.4, -0.2) is 4.13 Å². The Labute approximate surface area is 88.6 Å². The van der Waals surface area contributed by atoms with E-state index in [9.17, 15) is 0 Å². The minimum absolute atomic E-state index is 1.05. The summed E-state index contributed by atoms with van der Waals surface area (Å²) in [6.45, 7) is 0. The van der Waals surface area contributed by atoms with Gasteiger partial charge >= 0.3 is 0 Å². The third kappa shape index (κ3) is 1.82. The highest BCUT2D eigenvalue weighted by Gasteiger charge is 1.97. The summed E-state index contributed by atoms with van der Waals surface area (Å²) in [6, 6.07) is 7.99. The van der Waals surface area contributed by atoms with E-state index in [0.29, 0.717) is 0 Å². The summed E-state index contributed by atoms with van der Waals surface area (Å²) < 4.78 is 8.09. The second kappa shape index (κ2) is 3.78. The van der Waals surface area contributed by atoms with Gasteiger partial charge in [0.15, 0.2) is 0 Å². The van der Waals surface area contributed by atoms with Crippen LogP contribution in [0.15, 0.2) is 32.7 Å². The van der Waals surface area contributed by atoms with Crippen LogP contribution >= 0.6 is 46.4 Å². The Balaban J connectivity index is 2.48. The molecule has 0 fully saturated rings. The van der Waals surface area contributed by atoms with Crippen LogP contribution in [-0.2, 0) is 0 Å². The SMILES string of the molecule is Brc1cccc(-n2osss2)c1. The van der Waals surface area contributed by atoms with Crippen LogP contribution in [0.5, 0.6) is 0 Å². The molecule has 0 saturated heterocycles.